The lowest BCUT2D eigenvalue weighted by Gasteiger charge is -2.24. The molecule has 8 bridgehead atoms. The molecule has 136 heavy (non-hydrogen) atoms. The molecule has 0 saturated heterocycles. The normalized spacial score (nSPS) is 11.6. The van der Waals surface area contributed by atoms with Crippen LogP contribution in [0.25, 0.3) is 89.7 Å². The van der Waals surface area contributed by atoms with Gasteiger partial charge in [0.1, 0.15) is 11.3 Å². The Kier molecular flexibility index (Phi) is 34.5. The number of aromatic amines is 1. The van der Waals surface area contributed by atoms with Crippen molar-refractivity contribution in [3.05, 3.63) is 249 Å². The van der Waals surface area contributed by atoms with Crippen LogP contribution in [0.4, 0.5) is 85.3 Å². The van der Waals surface area contributed by atoms with Crippen LogP contribution in [0.3, 0.4) is 0 Å². The molecule has 2 aliphatic heterocycles. The Balaban J connectivity index is 1.20. The number of rotatable bonds is 48. The predicted molar refractivity (Wildman–Crippen MR) is 598 cm³/mol. The van der Waals surface area contributed by atoms with Crippen molar-refractivity contribution in [1.29, 1.82) is 0 Å². The van der Waals surface area contributed by atoms with E-state index in [9.17, 15) is 0 Å². The van der Waals surface area contributed by atoms with Gasteiger partial charge in [-0.05, 0) is 201 Å². The lowest BCUT2D eigenvalue weighted by atomic mass is 10.0. The van der Waals surface area contributed by atoms with Gasteiger partial charge in [0.25, 0.3) is 0 Å². The summed E-state index contributed by atoms with van der Waals surface area (Å²) in [7, 11) is 0. The number of hydrogen-bond donors (Lipinski definition) is 9. The van der Waals surface area contributed by atoms with Crippen LogP contribution in [0.5, 0.6) is 0 Å². The molecule has 16 nitrogen and oxygen atoms in total. The minimum atomic E-state index is 0.375. The van der Waals surface area contributed by atoms with Gasteiger partial charge in [0.05, 0.1) is 61.8 Å². The van der Waals surface area contributed by atoms with E-state index in [-0.39, 0.29) is 0 Å². The van der Waals surface area contributed by atoms with Gasteiger partial charge in [-0.25, -0.2) is 34.6 Å². The van der Waals surface area contributed by atoms with Gasteiger partial charge in [-0.2, -0.15) is 0 Å². The molecule has 24 heteroatoms. The van der Waals surface area contributed by atoms with Crippen molar-refractivity contribution in [3.63, 3.8) is 0 Å². The first-order valence-electron chi connectivity index (χ1n) is 48.6. The molecule has 0 spiro atoms. The standard InChI is InChI=1S/C112H122N16S8/c1-9-17-65-129-97-87-88(98(130-66-18-10-2)102(134-70-22-14-6)101(97)133-69-21-13-5)108-122-107(87)121-105-82-73-83(113-74-49-33-25-34-50-74)91(114-75-51-35-26-36-52-75)92(115-76-53-37-27-38-54-76)84(82)106(120-105)125-111-85-86(94(117-78-57-41-29-42-58-78)96(119-80-61-45-31-46-62-80)95(118-79-59-43-30-44-60-79)93(85)116-77-55-39-28-40-56-77)112(128(111)127-81-63-47-32-48-64-81)126-110-90-89(109(123-108)124-110)99(131-67-19-11-3)103(135-71-23-15-7)104(136-72-24-16-8)100(90)132-68-20-12-4/h25-64,73,113-119,127H,9-24,65-72H2,1-8H3,(H,120,121,122,123,124,125,126). The smallest absolute Gasteiger partial charge is 0.167 e. The number of anilines is 15. The van der Waals surface area contributed by atoms with E-state index in [1.54, 1.807) is 0 Å². The van der Waals surface area contributed by atoms with E-state index in [0.717, 1.165) is 239 Å². The summed E-state index contributed by atoms with van der Waals surface area (Å²) in [6.07, 6.45) is 16.8. The molecule has 0 fully saturated rings. The molecule has 9 N–H and O–H groups in total. The Hall–Kier alpha value is -10.8. The van der Waals surface area contributed by atoms with Crippen LogP contribution in [-0.4, -0.2) is 85.6 Å². The van der Waals surface area contributed by atoms with E-state index in [4.69, 9.17) is 29.9 Å². The average Bonchev–Trinajstić information content (AvgIpc) is 1.54. The van der Waals surface area contributed by atoms with Crippen molar-refractivity contribution >= 4 is 224 Å². The summed E-state index contributed by atoms with van der Waals surface area (Å²) in [5.74, 6) is 9.40. The van der Waals surface area contributed by atoms with E-state index in [2.05, 4.69) is 356 Å². The Morgan fingerprint density at radius 1 is 0.235 bits per heavy atom. The number of hydrogen-bond acceptors (Lipinski definition) is 22. The molecule has 12 aromatic carbocycles. The number of unbranched alkanes of at least 4 members (excludes halogenated alkanes) is 8. The summed E-state index contributed by atoms with van der Waals surface area (Å²) in [6, 6.07) is 86.0. The van der Waals surface area contributed by atoms with Crippen molar-refractivity contribution in [3.8, 4) is 45.6 Å². The first kappa shape index (κ1) is 96.9. The lowest BCUT2D eigenvalue weighted by molar-refractivity contribution is 0.884. The van der Waals surface area contributed by atoms with E-state index < -0.39 is 0 Å². The van der Waals surface area contributed by atoms with Crippen molar-refractivity contribution in [2.75, 3.05) is 88.7 Å². The summed E-state index contributed by atoms with van der Waals surface area (Å²) >= 11 is 16.0. The molecule has 2 aliphatic rings. The zero-order chi connectivity index (χ0) is 93.3. The third-order valence-corrected chi connectivity index (χ3v) is 33.8. The number of thioether (sulfide) groups is 8. The number of fused-ring (bicyclic) bond motifs is 20. The Bertz CT molecular complexity index is 6720. The molecule has 15 aromatic rings. The van der Waals surface area contributed by atoms with Crippen LogP contribution in [0, 0.1) is 0 Å². The van der Waals surface area contributed by atoms with Crippen LogP contribution in [0.15, 0.2) is 288 Å². The molecule has 5 heterocycles. The topological polar surface area (TPSA) is 194 Å². The molecule has 0 aliphatic carbocycles. The highest BCUT2D eigenvalue weighted by Crippen LogP contribution is 2.60. The third kappa shape index (κ3) is 22.6. The Morgan fingerprint density at radius 2 is 0.493 bits per heavy atom. The van der Waals surface area contributed by atoms with Crippen molar-refractivity contribution < 1.29 is 0 Å². The maximum atomic E-state index is 6.66. The zero-order valence-electron chi connectivity index (χ0n) is 79.0. The lowest BCUT2D eigenvalue weighted by Crippen LogP contribution is -2.10. The summed E-state index contributed by atoms with van der Waals surface area (Å²) in [6.45, 7) is 18.6. The fraction of sp³-hybridized carbons (Fsp3) is 0.286. The van der Waals surface area contributed by atoms with Crippen LogP contribution in [0.1, 0.15) is 158 Å². The van der Waals surface area contributed by atoms with Crippen molar-refractivity contribution in [1.82, 2.24) is 39.6 Å². The quantitative estimate of drug-likeness (QED) is 0.0129. The number of nitrogens with zero attached hydrogens (tertiary/aromatic N) is 7. The van der Waals surface area contributed by atoms with Gasteiger partial charge in [-0.1, -0.05) is 252 Å². The molecule has 0 saturated carbocycles. The summed E-state index contributed by atoms with van der Waals surface area (Å²) in [4.78, 5) is 53.1. The molecule has 0 atom stereocenters. The average molecular weight is 1950 g/mol. The van der Waals surface area contributed by atoms with Crippen molar-refractivity contribution in [2.24, 2.45) is 0 Å². The highest BCUT2D eigenvalue weighted by molar-refractivity contribution is 8.05. The SMILES string of the molecule is CCCCSc1c(SCCCC)c(SCCCC)c2c(c1SCCCC)-c1nc-2nc2c3c(Nc4ccccc4)c(Nc4ccccc4)c(Nc4ccccc4)c(Nc4ccccc4)c3c(nc3nc(nc4[nH]c(n1)c1c(SCCCC)c(SCCCC)c(SCCCC)c(SCCCC)c41)-c1cc(Nc4ccccc4)c(Nc4ccccc4)c(Nc4ccccc4)c1-3)n2Nc1ccccc1. The van der Waals surface area contributed by atoms with E-state index in [1.807, 2.05) is 94.1 Å². The van der Waals surface area contributed by atoms with Gasteiger partial charge >= 0.3 is 0 Å². The fourth-order valence-electron chi connectivity index (χ4n) is 16.5. The summed E-state index contributed by atoms with van der Waals surface area (Å²) in [5.41, 5.74) is 21.7. The largest absolute Gasteiger partial charge is 0.354 e. The molecular weight excluding hydrogens is 1830 g/mol. The first-order valence-corrected chi connectivity index (χ1v) is 56.5. The van der Waals surface area contributed by atoms with Gasteiger partial charge in [-0.3, -0.25) is 5.43 Å². The second kappa shape index (κ2) is 48.5. The predicted octanol–water partition coefficient (Wildman–Crippen LogP) is 35.6. The molecular formula is C112H122N16S8. The Labute approximate surface area is 836 Å². The maximum Gasteiger partial charge on any atom is 0.167 e. The third-order valence-electron chi connectivity index (χ3n) is 23.5. The minimum Gasteiger partial charge on any atom is -0.354 e. The molecule has 0 amide bonds. The van der Waals surface area contributed by atoms with Crippen LogP contribution in [0.2, 0.25) is 0 Å². The van der Waals surface area contributed by atoms with Gasteiger partial charge in [0, 0.05) is 106 Å². The highest BCUT2D eigenvalue weighted by Gasteiger charge is 2.38. The number of aromatic nitrogens is 8. The first-order chi connectivity index (χ1) is 67.2. The number of nitrogens with one attached hydrogen (secondary N) is 9. The van der Waals surface area contributed by atoms with Gasteiger partial charge in [0.2, 0.25) is 0 Å². The van der Waals surface area contributed by atoms with E-state index >= 15 is 0 Å². The molecule has 698 valence electrons. The Morgan fingerprint density at radius 3 is 0.831 bits per heavy atom. The number of H-pyrrole nitrogens is 1. The molecule has 0 radical (unpaired) electrons. The zero-order valence-corrected chi connectivity index (χ0v) is 85.6. The van der Waals surface area contributed by atoms with E-state index in [1.165, 1.54) is 39.2 Å². The van der Waals surface area contributed by atoms with E-state index in [0.29, 0.717) is 85.0 Å². The molecule has 3 aromatic heterocycles. The summed E-state index contributed by atoms with van der Waals surface area (Å²) in [5, 5.41) is 32.4. The van der Waals surface area contributed by atoms with Gasteiger partial charge < -0.3 is 42.2 Å². The number of benzene rings is 12. The second-order valence-electron chi connectivity index (χ2n) is 33.8. The molecule has 0 unspecified atom stereocenters. The summed E-state index contributed by atoms with van der Waals surface area (Å²) < 4.78 is 2.12. The van der Waals surface area contributed by atoms with Crippen LogP contribution >= 0.6 is 94.1 Å². The fourth-order valence-corrected chi connectivity index (χ4v) is 28.1. The minimum absolute atomic E-state index is 0.375. The maximum absolute atomic E-state index is 6.66. The monoisotopic (exact) mass is 1950 g/mol. The number of para-hydroxylation sites is 8. The van der Waals surface area contributed by atoms with Crippen LogP contribution < -0.4 is 42.6 Å². The second-order valence-corrected chi connectivity index (χ2v) is 42.6. The van der Waals surface area contributed by atoms with Crippen LogP contribution in [-0.2, 0) is 0 Å². The molecule has 17 rings (SSSR count). The van der Waals surface area contributed by atoms with Gasteiger partial charge in [0.15, 0.2) is 34.6 Å². The van der Waals surface area contributed by atoms with Crippen molar-refractivity contribution in [2.45, 2.75) is 197 Å². The van der Waals surface area contributed by atoms with Gasteiger partial charge in [-0.15, -0.1) is 94.1 Å². The highest BCUT2D eigenvalue weighted by atomic mass is 32.2.